The number of furan rings is 1. The third kappa shape index (κ3) is 5.12. The second-order valence-corrected chi connectivity index (χ2v) is 9.40. The van der Waals surface area contributed by atoms with Gasteiger partial charge in [-0.2, -0.15) is 0 Å². The number of hydrogen-bond acceptors (Lipinski definition) is 7. The van der Waals surface area contributed by atoms with Crippen LogP contribution in [0.1, 0.15) is 37.5 Å². The maximum absolute atomic E-state index is 11.3. The van der Waals surface area contributed by atoms with Crippen molar-refractivity contribution in [2.45, 2.75) is 31.8 Å². The summed E-state index contributed by atoms with van der Waals surface area (Å²) in [5, 5.41) is 29.8. The number of piperidine rings is 1. The number of nitrogens with zero attached hydrogens (tertiary/aromatic N) is 1. The number of benzene rings is 3. The molecule has 0 spiro atoms. The van der Waals surface area contributed by atoms with Crippen molar-refractivity contribution in [3.63, 3.8) is 0 Å². The first-order valence-corrected chi connectivity index (χ1v) is 12.3. The van der Waals surface area contributed by atoms with Gasteiger partial charge in [-0.1, -0.05) is 42.5 Å². The van der Waals surface area contributed by atoms with Crippen molar-refractivity contribution < 1.29 is 19.0 Å². The summed E-state index contributed by atoms with van der Waals surface area (Å²) >= 11 is 0. The van der Waals surface area contributed by atoms with Crippen molar-refractivity contribution in [3.8, 4) is 5.75 Å². The van der Waals surface area contributed by atoms with Crippen molar-refractivity contribution in [2.24, 2.45) is 0 Å². The molecule has 1 saturated heterocycles. The summed E-state index contributed by atoms with van der Waals surface area (Å²) < 4.78 is 16.8. The number of nitrogens with one attached hydrogen (secondary N) is 2. The van der Waals surface area contributed by atoms with Crippen LogP contribution in [0.15, 0.2) is 71.1 Å². The highest BCUT2D eigenvalue weighted by atomic mass is 16.5. The highest BCUT2D eigenvalue weighted by molar-refractivity contribution is 6.00. The van der Waals surface area contributed by atoms with Gasteiger partial charge in [0.05, 0.1) is 17.6 Å². The zero-order valence-corrected chi connectivity index (χ0v) is 20.4. The monoisotopic (exact) mass is 485 g/mol. The largest absolute Gasteiger partial charge is 0.493 e. The average Bonchev–Trinajstić information content (AvgIpc) is 3.33. The molecule has 5 rings (SSSR count). The van der Waals surface area contributed by atoms with E-state index in [9.17, 15) is 5.11 Å². The molecule has 1 aromatic heterocycles. The molecule has 0 radical (unpaired) electrons. The molecule has 0 amide bonds. The summed E-state index contributed by atoms with van der Waals surface area (Å²) in [6.45, 7) is 4.62. The van der Waals surface area contributed by atoms with Gasteiger partial charge in [-0.25, -0.2) is 0 Å². The molecule has 2 heterocycles. The SMILES string of the molecule is CC(=N)OC(=N)c1cc2c(OCCCN3CCC(O)(c4ccc5ccccc5c4)CC3)cccc2o1. The van der Waals surface area contributed by atoms with Gasteiger partial charge in [-0.05, 0) is 53.8 Å². The summed E-state index contributed by atoms with van der Waals surface area (Å²) in [4.78, 5) is 2.38. The van der Waals surface area contributed by atoms with Crippen LogP contribution in [0.25, 0.3) is 21.7 Å². The first kappa shape index (κ1) is 24.0. The molecule has 36 heavy (non-hydrogen) atoms. The van der Waals surface area contributed by atoms with E-state index < -0.39 is 5.60 Å². The third-order valence-electron chi connectivity index (χ3n) is 6.85. The Morgan fingerprint density at radius 1 is 1.00 bits per heavy atom. The quantitative estimate of drug-likeness (QED) is 0.178. The minimum absolute atomic E-state index is 0.0645. The number of rotatable bonds is 7. The molecule has 7 heteroatoms. The van der Waals surface area contributed by atoms with E-state index >= 15 is 0 Å². The lowest BCUT2D eigenvalue weighted by Crippen LogP contribution is -2.43. The first-order valence-electron chi connectivity index (χ1n) is 12.3. The number of hydrogen-bond donors (Lipinski definition) is 3. The molecule has 3 N–H and O–H groups in total. The van der Waals surface area contributed by atoms with Gasteiger partial charge in [0.25, 0.3) is 5.90 Å². The molecule has 186 valence electrons. The Balaban J connectivity index is 1.13. The molecule has 4 aromatic rings. The highest BCUT2D eigenvalue weighted by Gasteiger charge is 2.33. The van der Waals surface area contributed by atoms with Crippen LogP contribution in [0.4, 0.5) is 0 Å². The summed E-state index contributed by atoms with van der Waals surface area (Å²) in [7, 11) is 0. The summed E-state index contributed by atoms with van der Waals surface area (Å²) in [5.74, 6) is 0.704. The van der Waals surface area contributed by atoms with Crippen LogP contribution >= 0.6 is 0 Å². The topological polar surface area (TPSA) is 103 Å². The second kappa shape index (κ2) is 10.1. The average molecular weight is 486 g/mol. The van der Waals surface area contributed by atoms with Gasteiger partial charge in [0.15, 0.2) is 11.7 Å². The van der Waals surface area contributed by atoms with E-state index in [0.717, 1.165) is 42.4 Å². The highest BCUT2D eigenvalue weighted by Crippen LogP contribution is 2.34. The maximum atomic E-state index is 11.3. The Kier molecular flexibility index (Phi) is 6.76. The van der Waals surface area contributed by atoms with E-state index in [1.54, 1.807) is 6.07 Å². The molecular formula is C29H31N3O4. The van der Waals surface area contributed by atoms with Gasteiger partial charge < -0.3 is 23.9 Å². The molecule has 0 saturated carbocycles. The molecule has 0 unspecified atom stereocenters. The normalized spacial score (nSPS) is 15.7. The summed E-state index contributed by atoms with van der Waals surface area (Å²) in [5.41, 5.74) is 0.841. The van der Waals surface area contributed by atoms with Gasteiger partial charge in [0.2, 0.25) is 0 Å². The number of aliphatic hydroxyl groups is 1. The van der Waals surface area contributed by atoms with Crippen LogP contribution in [0.2, 0.25) is 0 Å². The van der Waals surface area contributed by atoms with Crippen molar-refractivity contribution >= 4 is 33.5 Å². The maximum Gasteiger partial charge on any atom is 0.256 e. The van der Waals surface area contributed by atoms with E-state index in [4.69, 9.17) is 24.7 Å². The lowest BCUT2D eigenvalue weighted by atomic mass is 9.83. The third-order valence-corrected chi connectivity index (χ3v) is 6.85. The molecule has 1 aliphatic heterocycles. The lowest BCUT2D eigenvalue weighted by molar-refractivity contribution is -0.0263. The van der Waals surface area contributed by atoms with Crippen LogP contribution in [-0.4, -0.2) is 48.0 Å². The predicted molar refractivity (Wildman–Crippen MR) is 141 cm³/mol. The Bertz CT molecular complexity index is 1400. The molecule has 0 atom stereocenters. The first-order chi connectivity index (χ1) is 17.4. The zero-order valence-electron chi connectivity index (χ0n) is 20.4. The van der Waals surface area contributed by atoms with E-state index in [0.29, 0.717) is 30.8 Å². The van der Waals surface area contributed by atoms with E-state index in [-0.39, 0.29) is 17.6 Å². The van der Waals surface area contributed by atoms with Crippen molar-refractivity contribution in [2.75, 3.05) is 26.2 Å². The van der Waals surface area contributed by atoms with Crippen molar-refractivity contribution in [3.05, 3.63) is 78.1 Å². The van der Waals surface area contributed by atoms with Crippen molar-refractivity contribution in [1.29, 1.82) is 10.8 Å². The fourth-order valence-electron chi connectivity index (χ4n) is 4.86. The van der Waals surface area contributed by atoms with E-state index in [2.05, 4.69) is 35.2 Å². The van der Waals surface area contributed by atoms with Gasteiger partial charge in [-0.15, -0.1) is 0 Å². The van der Waals surface area contributed by atoms with Gasteiger partial charge in [-0.3, -0.25) is 10.8 Å². The van der Waals surface area contributed by atoms with Gasteiger partial charge in [0.1, 0.15) is 11.3 Å². The van der Waals surface area contributed by atoms with Crippen molar-refractivity contribution in [1.82, 2.24) is 4.90 Å². The lowest BCUT2D eigenvalue weighted by Gasteiger charge is -2.38. The number of ether oxygens (including phenoxy) is 2. The number of fused-ring (bicyclic) bond motifs is 2. The summed E-state index contributed by atoms with van der Waals surface area (Å²) in [6, 6.07) is 21.8. The zero-order chi connectivity index (χ0) is 25.1. The van der Waals surface area contributed by atoms with Crippen LogP contribution in [0.3, 0.4) is 0 Å². The Hall–Kier alpha value is -3.68. The van der Waals surface area contributed by atoms with Gasteiger partial charge >= 0.3 is 0 Å². The molecule has 3 aromatic carbocycles. The van der Waals surface area contributed by atoms with Crippen LogP contribution in [0.5, 0.6) is 5.75 Å². The summed E-state index contributed by atoms with van der Waals surface area (Å²) in [6.07, 6.45) is 2.29. The Morgan fingerprint density at radius 2 is 1.78 bits per heavy atom. The molecule has 0 aliphatic carbocycles. The second-order valence-electron chi connectivity index (χ2n) is 9.40. The number of likely N-dealkylation sites (tertiary alicyclic amines) is 1. The van der Waals surface area contributed by atoms with E-state index in [1.807, 2.05) is 30.3 Å². The predicted octanol–water partition coefficient (Wildman–Crippen LogP) is 5.68. The minimum Gasteiger partial charge on any atom is -0.493 e. The Labute approximate surface area is 210 Å². The fraction of sp³-hybridized carbons (Fsp3) is 0.310. The van der Waals surface area contributed by atoms with E-state index in [1.165, 1.54) is 12.3 Å². The molecule has 1 fully saturated rings. The fourth-order valence-corrected chi connectivity index (χ4v) is 4.86. The standard InChI is InChI=1S/C29H31N3O4/c1-20(30)35-28(31)27-19-24-25(8-4-9-26(24)36-27)34-17-5-14-32-15-12-29(33,13-16-32)23-11-10-21-6-2-3-7-22(21)18-23/h2-4,6-11,18-19,30-31,33H,5,12-17H2,1H3. The molecular weight excluding hydrogens is 454 g/mol. The van der Waals surface area contributed by atoms with Crippen LogP contribution in [-0.2, 0) is 10.3 Å². The Morgan fingerprint density at radius 3 is 2.56 bits per heavy atom. The molecule has 7 nitrogen and oxygen atoms in total. The molecule has 1 aliphatic rings. The molecule has 0 bridgehead atoms. The minimum atomic E-state index is -0.778. The smallest absolute Gasteiger partial charge is 0.256 e. The van der Waals surface area contributed by atoms with Gasteiger partial charge in [0, 0.05) is 32.6 Å². The van der Waals surface area contributed by atoms with Crippen LogP contribution in [0, 0.1) is 10.8 Å². The van der Waals surface area contributed by atoms with Crippen LogP contribution < -0.4 is 4.74 Å².